The molecule has 0 spiro atoms. The van der Waals surface area contributed by atoms with Gasteiger partial charge in [-0.25, -0.2) is 0 Å². The summed E-state index contributed by atoms with van der Waals surface area (Å²) < 4.78 is 17.0. The monoisotopic (exact) mass is 306 g/mol. The van der Waals surface area contributed by atoms with Gasteiger partial charge in [0.1, 0.15) is 17.1 Å². The maximum absolute atomic E-state index is 12.3. The van der Waals surface area contributed by atoms with Crippen LogP contribution in [0.3, 0.4) is 0 Å². The van der Waals surface area contributed by atoms with Crippen LogP contribution in [0.25, 0.3) is 0 Å². The number of methoxy groups -OCH3 is 2. The van der Waals surface area contributed by atoms with Gasteiger partial charge < -0.3 is 14.2 Å². The molecule has 4 nitrogen and oxygen atoms in total. The standard InChI is InChI=1S/C18H26O4/c1-5-6-11-22-18(13(2)19)10-9-14-15(12-18)17(21-4)8-7-16(14)20-3/h7-8H,5-6,9-12H2,1-4H3. The first-order chi connectivity index (χ1) is 10.6. The summed E-state index contributed by atoms with van der Waals surface area (Å²) in [6.45, 7) is 4.37. The summed E-state index contributed by atoms with van der Waals surface area (Å²) in [6, 6.07) is 3.83. The first-order valence-electron chi connectivity index (χ1n) is 7.95. The lowest BCUT2D eigenvalue weighted by atomic mass is 9.77. The van der Waals surface area contributed by atoms with E-state index >= 15 is 0 Å². The molecule has 1 aliphatic carbocycles. The van der Waals surface area contributed by atoms with Gasteiger partial charge in [-0.3, -0.25) is 4.79 Å². The van der Waals surface area contributed by atoms with Crippen LogP contribution in [0, 0.1) is 0 Å². The van der Waals surface area contributed by atoms with Crippen LogP contribution in [-0.4, -0.2) is 32.2 Å². The summed E-state index contributed by atoms with van der Waals surface area (Å²) in [4.78, 5) is 12.3. The lowest BCUT2D eigenvalue weighted by Gasteiger charge is -2.37. The zero-order valence-electron chi connectivity index (χ0n) is 14.0. The van der Waals surface area contributed by atoms with Gasteiger partial charge in [0.05, 0.1) is 14.2 Å². The third kappa shape index (κ3) is 3.12. The Bertz CT molecular complexity index is 538. The minimum absolute atomic E-state index is 0.0964. The Labute approximate surface area is 132 Å². The van der Waals surface area contributed by atoms with Crippen LogP contribution < -0.4 is 9.47 Å². The average molecular weight is 306 g/mol. The minimum Gasteiger partial charge on any atom is -0.496 e. The predicted octanol–water partition coefficient (Wildman–Crippen LogP) is 3.34. The normalized spacial score (nSPS) is 20.4. The van der Waals surface area contributed by atoms with E-state index in [-0.39, 0.29) is 5.78 Å². The fourth-order valence-corrected chi connectivity index (χ4v) is 3.14. The molecule has 22 heavy (non-hydrogen) atoms. The van der Waals surface area contributed by atoms with Crippen molar-refractivity contribution in [2.45, 2.75) is 51.6 Å². The molecular formula is C18H26O4. The number of carbonyl (C=O) groups is 1. The summed E-state index contributed by atoms with van der Waals surface area (Å²) in [5.74, 6) is 1.76. The highest BCUT2D eigenvalue weighted by molar-refractivity contribution is 5.86. The van der Waals surface area contributed by atoms with Crippen molar-refractivity contribution in [3.8, 4) is 11.5 Å². The summed E-state index contributed by atoms with van der Waals surface area (Å²) in [7, 11) is 3.33. The second-order valence-corrected chi connectivity index (χ2v) is 5.86. The average Bonchev–Trinajstić information content (AvgIpc) is 2.53. The van der Waals surface area contributed by atoms with Crippen molar-refractivity contribution in [2.75, 3.05) is 20.8 Å². The minimum atomic E-state index is -0.720. The van der Waals surface area contributed by atoms with E-state index in [1.54, 1.807) is 21.1 Å². The topological polar surface area (TPSA) is 44.8 Å². The number of hydrogen-bond donors (Lipinski definition) is 0. The quantitative estimate of drug-likeness (QED) is 0.725. The van der Waals surface area contributed by atoms with Gasteiger partial charge in [0.15, 0.2) is 5.78 Å². The first kappa shape index (κ1) is 16.8. The molecule has 122 valence electrons. The summed E-state index contributed by atoms with van der Waals surface area (Å²) >= 11 is 0. The molecule has 1 atom stereocenters. The van der Waals surface area contributed by atoms with Gasteiger partial charge >= 0.3 is 0 Å². The van der Waals surface area contributed by atoms with E-state index in [1.165, 1.54) is 0 Å². The Morgan fingerprint density at radius 2 is 1.82 bits per heavy atom. The highest BCUT2D eigenvalue weighted by Gasteiger charge is 2.41. The van der Waals surface area contributed by atoms with Crippen LogP contribution in [-0.2, 0) is 22.4 Å². The number of ketones is 1. The van der Waals surface area contributed by atoms with Gasteiger partial charge in [-0.15, -0.1) is 0 Å². The van der Waals surface area contributed by atoms with E-state index in [9.17, 15) is 4.79 Å². The maximum atomic E-state index is 12.3. The molecule has 0 bridgehead atoms. The van der Waals surface area contributed by atoms with Gasteiger partial charge in [0, 0.05) is 24.2 Å². The zero-order chi connectivity index (χ0) is 16.2. The van der Waals surface area contributed by atoms with E-state index < -0.39 is 5.60 Å². The smallest absolute Gasteiger partial charge is 0.161 e. The maximum Gasteiger partial charge on any atom is 0.161 e. The first-order valence-corrected chi connectivity index (χ1v) is 7.95. The third-order valence-electron chi connectivity index (χ3n) is 4.54. The number of Topliss-reactive ketones (excluding diaryl/α,β-unsaturated/α-hetero) is 1. The van der Waals surface area contributed by atoms with E-state index in [1.807, 2.05) is 12.1 Å². The van der Waals surface area contributed by atoms with Crippen molar-refractivity contribution < 1.29 is 19.0 Å². The van der Waals surface area contributed by atoms with Crippen LogP contribution in [0.2, 0.25) is 0 Å². The van der Waals surface area contributed by atoms with Crippen molar-refractivity contribution in [3.05, 3.63) is 23.3 Å². The number of rotatable bonds is 7. The molecule has 1 aromatic carbocycles. The Morgan fingerprint density at radius 1 is 1.18 bits per heavy atom. The number of hydrogen-bond acceptors (Lipinski definition) is 4. The molecule has 1 aliphatic rings. The SMILES string of the molecule is CCCCOC1(C(C)=O)CCc2c(OC)ccc(OC)c2C1. The van der Waals surface area contributed by atoms with Crippen molar-refractivity contribution >= 4 is 5.78 Å². The number of ether oxygens (including phenoxy) is 3. The number of carbonyl (C=O) groups excluding carboxylic acids is 1. The van der Waals surface area contributed by atoms with Crippen LogP contribution in [0.4, 0.5) is 0 Å². The van der Waals surface area contributed by atoms with Gasteiger partial charge in [-0.1, -0.05) is 13.3 Å². The van der Waals surface area contributed by atoms with Crippen LogP contribution in [0.5, 0.6) is 11.5 Å². The zero-order valence-corrected chi connectivity index (χ0v) is 14.0. The molecule has 0 radical (unpaired) electrons. The van der Waals surface area contributed by atoms with E-state index in [0.29, 0.717) is 19.4 Å². The predicted molar refractivity (Wildman–Crippen MR) is 85.8 cm³/mol. The van der Waals surface area contributed by atoms with Gasteiger partial charge in [-0.2, -0.15) is 0 Å². The van der Waals surface area contributed by atoms with Crippen molar-refractivity contribution in [1.29, 1.82) is 0 Å². The lowest BCUT2D eigenvalue weighted by Crippen LogP contribution is -2.45. The Morgan fingerprint density at radius 3 is 2.36 bits per heavy atom. The van der Waals surface area contributed by atoms with Crippen molar-refractivity contribution in [2.24, 2.45) is 0 Å². The number of benzene rings is 1. The molecule has 0 amide bonds. The highest BCUT2D eigenvalue weighted by atomic mass is 16.5. The van der Waals surface area contributed by atoms with Crippen molar-refractivity contribution in [3.63, 3.8) is 0 Å². The Hall–Kier alpha value is -1.55. The third-order valence-corrected chi connectivity index (χ3v) is 4.54. The molecule has 0 fully saturated rings. The molecule has 0 saturated carbocycles. The fourth-order valence-electron chi connectivity index (χ4n) is 3.14. The molecule has 0 aromatic heterocycles. The largest absolute Gasteiger partial charge is 0.496 e. The van der Waals surface area contributed by atoms with Gasteiger partial charge in [0.2, 0.25) is 0 Å². The summed E-state index contributed by atoms with van der Waals surface area (Å²) in [5.41, 5.74) is 1.46. The van der Waals surface area contributed by atoms with Crippen molar-refractivity contribution in [1.82, 2.24) is 0 Å². The Kier molecular flexibility index (Phi) is 5.46. The fraction of sp³-hybridized carbons (Fsp3) is 0.611. The van der Waals surface area contributed by atoms with Crippen LogP contribution in [0.15, 0.2) is 12.1 Å². The molecule has 0 heterocycles. The molecule has 0 N–H and O–H groups in total. The van der Waals surface area contributed by atoms with Crippen LogP contribution >= 0.6 is 0 Å². The van der Waals surface area contributed by atoms with Crippen LogP contribution in [0.1, 0.15) is 44.2 Å². The lowest BCUT2D eigenvalue weighted by molar-refractivity contribution is -0.144. The molecule has 2 rings (SSSR count). The summed E-state index contributed by atoms with van der Waals surface area (Å²) in [5, 5.41) is 0. The molecule has 0 aliphatic heterocycles. The highest BCUT2D eigenvalue weighted by Crippen LogP contribution is 2.41. The molecule has 0 saturated heterocycles. The number of unbranched alkanes of at least 4 members (excludes halogenated alkanes) is 1. The van der Waals surface area contributed by atoms with Gasteiger partial charge in [-0.05, 0) is 38.3 Å². The molecule has 1 unspecified atom stereocenters. The van der Waals surface area contributed by atoms with Gasteiger partial charge in [0.25, 0.3) is 0 Å². The second kappa shape index (κ2) is 7.14. The molecular weight excluding hydrogens is 280 g/mol. The Balaban J connectivity index is 2.36. The number of fused-ring (bicyclic) bond motifs is 1. The molecule has 4 heteroatoms. The summed E-state index contributed by atoms with van der Waals surface area (Å²) in [6.07, 6.45) is 4.05. The van der Waals surface area contributed by atoms with E-state index in [0.717, 1.165) is 41.9 Å². The van der Waals surface area contributed by atoms with E-state index in [2.05, 4.69) is 6.92 Å². The second-order valence-electron chi connectivity index (χ2n) is 5.86. The molecule has 1 aromatic rings. The van der Waals surface area contributed by atoms with E-state index in [4.69, 9.17) is 14.2 Å².